The molecule has 0 saturated carbocycles. The average Bonchev–Trinajstić information content (AvgIpc) is 2.42. The van der Waals surface area contributed by atoms with Crippen molar-refractivity contribution in [3.05, 3.63) is 69.2 Å². The second kappa shape index (κ2) is 7.36. The lowest BCUT2D eigenvalue weighted by molar-refractivity contribution is 0.584. The fourth-order valence-corrected chi connectivity index (χ4v) is 2.89. The molecule has 3 heteroatoms. The van der Waals surface area contributed by atoms with Crippen molar-refractivity contribution in [2.24, 2.45) is 5.92 Å². The quantitative estimate of drug-likeness (QED) is 0.596. The van der Waals surface area contributed by atoms with E-state index in [2.05, 4.69) is 31.2 Å². The predicted octanol–water partition coefficient (Wildman–Crippen LogP) is 5.94. The van der Waals surface area contributed by atoms with E-state index in [4.69, 9.17) is 34.8 Å². The zero-order valence-corrected chi connectivity index (χ0v) is 13.6. The van der Waals surface area contributed by atoms with Crippen molar-refractivity contribution in [2.75, 3.05) is 5.88 Å². The van der Waals surface area contributed by atoms with Crippen LogP contribution in [-0.2, 0) is 12.8 Å². The van der Waals surface area contributed by atoms with E-state index in [1.54, 1.807) is 0 Å². The molecule has 0 saturated heterocycles. The fourth-order valence-electron chi connectivity index (χ4n) is 2.35. The van der Waals surface area contributed by atoms with Gasteiger partial charge in [-0.25, -0.2) is 0 Å². The number of hydrogen-bond acceptors (Lipinski definition) is 0. The molecule has 106 valence electrons. The number of benzene rings is 2. The van der Waals surface area contributed by atoms with Gasteiger partial charge in [-0.2, -0.15) is 0 Å². The van der Waals surface area contributed by atoms with Crippen LogP contribution >= 0.6 is 34.8 Å². The number of aryl methyl sites for hydroxylation is 1. The van der Waals surface area contributed by atoms with Crippen LogP contribution in [0.4, 0.5) is 0 Å². The van der Waals surface area contributed by atoms with E-state index in [9.17, 15) is 0 Å². The molecule has 2 rings (SSSR count). The molecule has 0 heterocycles. The fraction of sp³-hybridized carbons (Fsp3) is 0.294. The maximum absolute atomic E-state index is 6.12. The van der Waals surface area contributed by atoms with Crippen molar-refractivity contribution in [3.63, 3.8) is 0 Å². The van der Waals surface area contributed by atoms with Crippen molar-refractivity contribution >= 4 is 34.8 Å². The van der Waals surface area contributed by atoms with E-state index in [0.29, 0.717) is 21.8 Å². The second-order valence-electron chi connectivity index (χ2n) is 5.17. The Balaban J connectivity index is 2.07. The molecule has 0 aliphatic heterocycles. The lowest BCUT2D eigenvalue weighted by atomic mass is 9.93. The van der Waals surface area contributed by atoms with E-state index in [-0.39, 0.29) is 0 Å². The molecule has 0 aliphatic rings. The van der Waals surface area contributed by atoms with Crippen LogP contribution in [0.2, 0.25) is 10.0 Å². The van der Waals surface area contributed by atoms with E-state index in [0.717, 1.165) is 12.8 Å². The Morgan fingerprint density at radius 3 is 2.20 bits per heavy atom. The first-order chi connectivity index (χ1) is 9.58. The molecule has 0 fully saturated rings. The summed E-state index contributed by atoms with van der Waals surface area (Å²) >= 11 is 18.1. The molecule has 0 aromatic heterocycles. The van der Waals surface area contributed by atoms with E-state index >= 15 is 0 Å². The first kappa shape index (κ1) is 15.7. The third kappa shape index (κ3) is 4.41. The minimum Gasteiger partial charge on any atom is -0.126 e. The first-order valence-corrected chi connectivity index (χ1v) is 7.93. The van der Waals surface area contributed by atoms with Gasteiger partial charge in [-0.15, -0.1) is 11.6 Å². The number of alkyl halides is 1. The summed E-state index contributed by atoms with van der Waals surface area (Å²) < 4.78 is 0. The van der Waals surface area contributed by atoms with Crippen LogP contribution in [0.1, 0.15) is 16.7 Å². The summed E-state index contributed by atoms with van der Waals surface area (Å²) in [5.74, 6) is 1.03. The van der Waals surface area contributed by atoms with Crippen LogP contribution in [0.5, 0.6) is 0 Å². The molecule has 2 aromatic rings. The summed E-state index contributed by atoms with van der Waals surface area (Å²) in [5.41, 5.74) is 3.79. The number of hydrogen-bond donors (Lipinski definition) is 0. The molecular formula is C17H17Cl3. The van der Waals surface area contributed by atoms with Crippen LogP contribution in [0.3, 0.4) is 0 Å². The standard InChI is InChI=1S/C17H17Cl3/c1-12-3-2-4-13(7-12)8-15(11-18)9-14-5-6-16(19)17(20)10-14/h2-7,10,15H,8-9,11H2,1H3. The minimum absolute atomic E-state index is 0.399. The summed E-state index contributed by atoms with van der Waals surface area (Å²) in [7, 11) is 0. The topological polar surface area (TPSA) is 0 Å². The Hall–Kier alpha value is -0.690. The molecule has 0 spiro atoms. The molecule has 0 aliphatic carbocycles. The lowest BCUT2D eigenvalue weighted by Gasteiger charge is -2.15. The van der Waals surface area contributed by atoms with Gasteiger partial charge >= 0.3 is 0 Å². The van der Waals surface area contributed by atoms with Gasteiger partial charge in [-0.1, -0.05) is 59.1 Å². The van der Waals surface area contributed by atoms with Gasteiger partial charge in [0, 0.05) is 5.88 Å². The van der Waals surface area contributed by atoms with Gasteiger partial charge in [0.05, 0.1) is 10.0 Å². The van der Waals surface area contributed by atoms with Crippen LogP contribution < -0.4 is 0 Å². The molecule has 1 unspecified atom stereocenters. The third-order valence-corrected chi connectivity index (χ3v) is 4.51. The molecule has 1 atom stereocenters. The zero-order chi connectivity index (χ0) is 14.5. The Morgan fingerprint density at radius 1 is 0.900 bits per heavy atom. The van der Waals surface area contributed by atoms with E-state index in [1.165, 1.54) is 16.7 Å². The van der Waals surface area contributed by atoms with Crippen LogP contribution in [0.15, 0.2) is 42.5 Å². The van der Waals surface area contributed by atoms with Crippen molar-refractivity contribution in [2.45, 2.75) is 19.8 Å². The summed E-state index contributed by atoms with van der Waals surface area (Å²) in [4.78, 5) is 0. The maximum Gasteiger partial charge on any atom is 0.0595 e. The van der Waals surface area contributed by atoms with Crippen LogP contribution in [-0.4, -0.2) is 5.88 Å². The average molecular weight is 328 g/mol. The van der Waals surface area contributed by atoms with Gasteiger partial charge in [0.15, 0.2) is 0 Å². The number of halogens is 3. The molecule has 0 N–H and O–H groups in total. The largest absolute Gasteiger partial charge is 0.126 e. The van der Waals surface area contributed by atoms with E-state index < -0.39 is 0 Å². The highest BCUT2D eigenvalue weighted by molar-refractivity contribution is 6.42. The Morgan fingerprint density at radius 2 is 1.60 bits per heavy atom. The van der Waals surface area contributed by atoms with Crippen molar-refractivity contribution < 1.29 is 0 Å². The lowest BCUT2D eigenvalue weighted by Crippen LogP contribution is -2.10. The maximum atomic E-state index is 6.12. The smallest absolute Gasteiger partial charge is 0.0595 e. The predicted molar refractivity (Wildman–Crippen MR) is 89.3 cm³/mol. The Bertz CT molecular complexity index is 578. The van der Waals surface area contributed by atoms with Gasteiger partial charge in [-0.3, -0.25) is 0 Å². The molecule has 20 heavy (non-hydrogen) atoms. The van der Waals surface area contributed by atoms with Crippen molar-refractivity contribution in [1.82, 2.24) is 0 Å². The van der Waals surface area contributed by atoms with E-state index in [1.807, 2.05) is 18.2 Å². The Kier molecular flexibility index (Phi) is 5.77. The van der Waals surface area contributed by atoms with Crippen molar-refractivity contribution in [1.29, 1.82) is 0 Å². The minimum atomic E-state index is 0.399. The summed E-state index contributed by atoms with van der Waals surface area (Å²) in [6.45, 7) is 2.11. The zero-order valence-electron chi connectivity index (χ0n) is 11.4. The van der Waals surface area contributed by atoms with Gasteiger partial charge < -0.3 is 0 Å². The van der Waals surface area contributed by atoms with Gasteiger partial charge in [0.1, 0.15) is 0 Å². The monoisotopic (exact) mass is 326 g/mol. The molecule has 0 bridgehead atoms. The molecule has 0 amide bonds. The summed E-state index contributed by atoms with van der Waals surface area (Å²) in [5, 5.41) is 1.20. The SMILES string of the molecule is Cc1cccc(CC(CCl)Cc2ccc(Cl)c(Cl)c2)c1. The highest BCUT2D eigenvalue weighted by Crippen LogP contribution is 2.25. The van der Waals surface area contributed by atoms with Gasteiger partial charge in [0.2, 0.25) is 0 Å². The van der Waals surface area contributed by atoms with Crippen LogP contribution in [0, 0.1) is 12.8 Å². The Labute approximate surface area is 135 Å². The molecular weight excluding hydrogens is 311 g/mol. The van der Waals surface area contributed by atoms with Crippen molar-refractivity contribution in [3.8, 4) is 0 Å². The third-order valence-electron chi connectivity index (χ3n) is 3.33. The highest BCUT2D eigenvalue weighted by atomic mass is 35.5. The highest BCUT2D eigenvalue weighted by Gasteiger charge is 2.11. The van der Waals surface area contributed by atoms with Gasteiger partial charge in [-0.05, 0) is 48.9 Å². The van der Waals surface area contributed by atoms with Crippen LogP contribution in [0.25, 0.3) is 0 Å². The summed E-state index contributed by atoms with van der Waals surface area (Å²) in [6, 6.07) is 14.4. The first-order valence-electron chi connectivity index (χ1n) is 6.64. The summed E-state index contributed by atoms with van der Waals surface area (Å²) in [6.07, 6.45) is 1.89. The second-order valence-corrected chi connectivity index (χ2v) is 6.29. The normalized spacial score (nSPS) is 12.4. The van der Waals surface area contributed by atoms with Gasteiger partial charge in [0.25, 0.3) is 0 Å². The number of rotatable bonds is 5. The molecule has 2 aromatic carbocycles. The molecule has 0 radical (unpaired) electrons. The molecule has 0 nitrogen and oxygen atoms in total.